The topological polar surface area (TPSA) is 9.23 Å². The van der Waals surface area contributed by atoms with E-state index in [1.807, 2.05) is 18.2 Å². The number of allylic oxidation sites excluding steroid dienone is 1. The summed E-state index contributed by atoms with van der Waals surface area (Å²) in [6, 6.07) is 8.12. The minimum Gasteiger partial charge on any atom is -1.00 e. The summed E-state index contributed by atoms with van der Waals surface area (Å²) in [6.45, 7) is 2.82. The average Bonchev–Trinajstić information content (AvgIpc) is 2.06. The number of para-hydroxylation sites is 1. The number of hydrogen-bond donors (Lipinski definition) is 0. The fourth-order valence-electron chi connectivity index (χ4n) is 1.28. The molecule has 2 rings (SSSR count). The number of hydrogen-bond acceptors (Lipinski definition) is 1. The molecule has 12 heavy (non-hydrogen) atoms. The Morgan fingerprint density at radius 2 is 2.08 bits per heavy atom. The molecule has 1 aromatic rings. The van der Waals surface area contributed by atoms with Gasteiger partial charge in [-0.3, -0.25) is 0 Å². The number of benzene rings is 1. The van der Waals surface area contributed by atoms with Crippen LogP contribution in [0.4, 0.5) is 0 Å². The van der Waals surface area contributed by atoms with E-state index in [2.05, 4.69) is 19.1 Å². The molecular formula is C10H11KO. The Bertz CT molecular complexity index is 310. The second kappa shape index (κ2) is 4.58. The predicted octanol–water partition coefficient (Wildman–Crippen LogP) is -0.401. The van der Waals surface area contributed by atoms with Crippen molar-refractivity contribution in [2.45, 2.75) is 6.92 Å². The molecule has 0 amide bonds. The van der Waals surface area contributed by atoms with Gasteiger partial charge in [0.15, 0.2) is 0 Å². The Kier molecular flexibility index (Phi) is 4.00. The number of ether oxygens (including phenoxy) is 1. The Morgan fingerprint density at radius 3 is 2.83 bits per heavy atom. The predicted molar refractivity (Wildman–Crippen MR) is 46.7 cm³/mol. The van der Waals surface area contributed by atoms with Crippen molar-refractivity contribution in [2.75, 3.05) is 6.61 Å². The molecule has 0 spiro atoms. The van der Waals surface area contributed by atoms with Crippen LogP contribution >= 0.6 is 0 Å². The van der Waals surface area contributed by atoms with E-state index < -0.39 is 0 Å². The van der Waals surface area contributed by atoms with Crippen LogP contribution in [0.1, 0.15) is 13.9 Å². The molecule has 0 N–H and O–H groups in total. The van der Waals surface area contributed by atoms with Gasteiger partial charge in [0.1, 0.15) is 12.4 Å². The molecule has 1 aliphatic rings. The fraction of sp³-hybridized carbons (Fsp3) is 0.200. The van der Waals surface area contributed by atoms with E-state index in [0.717, 1.165) is 5.75 Å². The van der Waals surface area contributed by atoms with Crippen LogP contribution in [0.2, 0.25) is 0 Å². The van der Waals surface area contributed by atoms with Crippen LogP contribution in [-0.2, 0) is 0 Å². The molecule has 58 valence electrons. The Balaban J connectivity index is 0.000000720. The van der Waals surface area contributed by atoms with Crippen molar-refractivity contribution in [2.24, 2.45) is 0 Å². The van der Waals surface area contributed by atoms with Crippen molar-refractivity contribution in [3.05, 3.63) is 35.9 Å². The molecule has 1 heterocycles. The van der Waals surface area contributed by atoms with Gasteiger partial charge in [-0.25, -0.2) is 0 Å². The smallest absolute Gasteiger partial charge is 1.00 e. The summed E-state index contributed by atoms with van der Waals surface area (Å²) in [4.78, 5) is 0. The summed E-state index contributed by atoms with van der Waals surface area (Å²) < 4.78 is 5.42. The largest absolute Gasteiger partial charge is 1.00 e. The molecular weight excluding hydrogens is 175 g/mol. The van der Waals surface area contributed by atoms with Crippen LogP contribution < -0.4 is 56.1 Å². The molecule has 0 saturated heterocycles. The van der Waals surface area contributed by atoms with Gasteiger partial charge in [0.25, 0.3) is 0 Å². The first-order valence-corrected chi connectivity index (χ1v) is 3.77. The molecule has 0 fully saturated rings. The first kappa shape index (κ1) is 10.5. The van der Waals surface area contributed by atoms with Crippen molar-refractivity contribution < 1.29 is 57.5 Å². The first-order valence-electron chi connectivity index (χ1n) is 3.77. The summed E-state index contributed by atoms with van der Waals surface area (Å²) >= 11 is 0. The Labute approximate surface area is 117 Å². The van der Waals surface area contributed by atoms with E-state index >= 15 is 0 Å². The standard InChI is InChI=1S/C10H10O.K.H/c1-8-6-7-11-10-5-3-2-4-9(8)10;;/h2-6H,7H2,1H3;;/q;+1;-1. The average molecular weight is 186 g/mol. The monoisotopic (exact) mass is 186 g/mol. The zero-order valence-electron chi connectivity index (χ0n) is 8.50. The fourth-order valence-corrected chi connectivity index (χ4v) is 1.28. The van der Waals surface area contributed by atoms with Crippen molar-refractivity contribution in [1.82, 2.24) is 0 Å². The summed E-state index contributed by atoms with van der Waals surface area (Å²) in [5, 5.41) is 0. The Hall–Kier alpha value is 0.396. The summed E-state index contributed by atoms with van der Waals surface area (Å²) in [5.41, 5.74) is 2.53. The summed E-state index contributed by atoms with van der Waals surface area (Å²) in [5.74, 6) is 1.01. The van der Waals surface area contributed by atoms with E-state index in [1.54, 1.807) is 0 Å². The molecule has 0 unspecified atom stereocenters. The third kappa shape index (κ3) is 2.01. The zero-order valence-corrected chi connectivity index (χ0v) is 10.6. The van der Waals surface area contributed by atoms with Gasteiger partial charge in [0.05, 0.1) is 0 Å². The maximum Gasteiger partial charge on any atom is 1.00 e. The maximum absolute atomic E-state index is 5.42. The zero-order chi connectivity index (χ0) is 7.68. The van der Waals surface area contributed by atoms with Crippen LogP contribution in [0.15, 0.2) is 30.3 Å². The minimum atomic E-state index is 0. The molecule has 1 aliphatic heterocycles. The van der Waals surface area contributed by atoms with Crippen LogP contribution in [0.3, 0.4) is 0 Å². The van der Waals surface area contributed by atoms with Crippen LogP contribution in [0.5, 0.6) is 5.75 Å². The van der Waals surface area contributed by atoms with Gasteiger partial charge in [-0.2, -0.15) is 0 Å². The van der Waals surface area contributed by atoms with Gasteiger partial charge < -0.3 is 6.16 Å². The molecule has 0 aliphatic carbocycles. The minimum absolute atomic E-state index is 0. The summed E-state index contributed by atoms with van der Waals surface area (Å²) in [7, 11) is 0. The molecule has 2 heteroatoms. The van der Waals surface area contributed by atoms with Gasteiger partial charge in [-0.1, -0.05) is 18.2 Å². The van der Waals surface area contributed by atoms with Gasteiger partial charge in [-0.15, -0.1) is 0 Å². The summed E-state index contributed by atoms with van der Waals surface area (Å²) in [6.07, 6.45) is 2.10. The first-order chi connectivity index (χ1) is 5.38. The van der Waals surface area contributed by atoms with Gasteiger partial charge in [0.2, 0.25) is 0 Å². The van der Waals surface area contributed by atoms with Crippen LogP contribution in [0, 0.1) is 0 Å². The molecule has 0 aromatic heterocycles. The van der Waals surface area contributed by atoms with E-state index in [1.165, 1.54) is 11.1 Å². The number of fused-ring (bicyclic) bond motifs is 1. The number of rotatable bonds is 0. The molecule has 0 saturated carbocycles. The second-order valence-corrected chi connectivity index (χ2v) is 2.69. The van der Waals surface area contributed by atoms with Crippen molar-refractivity contribution in [3.8, 4) is 5.75 Å². The third-order valence-electron chi connectivity index (χ3n) is 1.94. The molecule has 1 nitrogen and oxygen atoms in total. The Morgan fingerprint density at radius 1 is 1.33 bits per heavy atom. The van der Waals surface area contributed by atoms with Crippen molar-refractivity contribution in [3.63, 3.8) is 0 Å². The third-order valence-corrected chi connectivity index (χ3v) is 1.94. The quantitative estimate of drug-likeness (QED) is 0.501. The normalized spacial score (nSPS) is 13.6. The SMILES string of the molecule is CC1=CCOc2ccccc21.[H-].[K+]. The second-order valence-electron chi connectivity index (χ2n) is 2.69. The van der Waals surface area contributed by atoms with Crippen LogP contribution in [-0.4, -0.2) is 6.61 Å². The molecule has 0 radical (unpaired) electrons. The van der Waals surface area contributed by atoms with E-state index in [-0.39, 0.29) is 52.8 Å². The van der Waals surface area contributed by atoms with Gasteiger partial charge in [0, 0.05) is 5.56 Å². The maximum atomic E-state index is 5.42. The van der Waals surface area contributed by atoms with Crippen molar-refractivity contribution >= 4 is 5.57 Å². The molecule has 0 atom stereocenters. The van der Waals surface area contributed by atoms with Gasteiger partial charge in [-0.05, 0) is 24.6 Å². The van der Waals surface area contributed by atoms with E-state index in [0.29, 0.717) is 6.61 Å². The molecule has 0 bridgehead atoms. The molecule has 1 aromatic carbocycles. The van der Waals surface area contributed by atoms with E-state index in [4.69, 9.17) is 4.74 Å². The van der Waals surface area contributed by atoms with Crippen LogP contribution in [0.25, 0.3) is 5.57 Å². The van der Waals surface area contributed by atoms with Gasteiger partial charge >= 0.3 is 51.4 Å². The van der Waals surface area contributed by atoms with Crippen molar-refractivity contribution in [1.29, 1.82) is 0 Å². The van der Waals surface area contributed by atoms with E-state index in [9.17, 15) is 0 Å².